The highest BCUT2D eigenvalue weighted by molar-refractivity contribution is 5.43. The van der Waals surface area contributed by atoms with Crippen molar-refractivity contribution >= 4 is 0 Å². The number of rotatable bonds is 3. The van der Waals surface area contributed by atoms with Crippen molar-refractivity contribution in [3.63, 3.8) is 0 Å². The SMILES string of the molecule is CN(C)[C@@H]1CCCCC(OC2c3ccccc3CCc3ccccc32)C1. The van der Waals surface area contributed by atoms with Crippen LogP contribution in [0.25, 0.3) is 0 Å². The maximum Gasteiger partial charge on any atom is 0.108 e. The topological polar surface area (TPSA) is 12.5 Å². The average Bonchev–Trinajstić information content (AvgIpc) is 2.98. The first-order valence-corrected chi connectivity index (χ1v) is 10.2. The molecule has 2 aromatic carbocycles. The van der Waals surface area contributed by atoms with E-state index in [1.165, 1.54) is 47.9 Å². The standard InChI is InChI=1S/C24H31NO/c1-25(2)20-11-5-6-12-21(17-20)26-24-22-13-7-3-9-18(22)15-16-19-10-4-8-14-23(19)24/h3-4,7-10,13-14,20-21,24H,5-6,11-12,15-17H2,1-2H3/t20-,21?/m1/s1. The minimum atomic E-state index is 0.0795. The Morgan fingerprint density at radius 2 is 1.38 bits per heavy atom. The summed E-state index contributed by atoms with van der Waals surface area (Å²) in [6.45, 7) is 0. The van der Waals surface area contributed by atoms with Gasteiger partial charge in [-0.1, -0.05) is 61.4 Å². The number of hydrogen-bond acceptors (Lipinski definition) is 2. The highest BCUT2D eigenvalue weighted by Gasteiger charge is 2.29. The van der Waals surface area contributed by atoms with E-state index >= 15 is 0 Å². The summed E-state index contributed by atoms with van der Waals surface area (Å²) in [7, 11) is 4.42. The van der Waals surface area contributed by atoms with E-state index in [0.29, 0.717) is 12.1 Å². The van der Waals surface area contributed by atoms with E-state index < -0.39 is 0 Å². The molecule has 0 aromatic heterocycles. The van der Waals surface area contributed by atoms with Crippen LogP contribution in [-0.4, -0.2) is 31.1 Å². The largest absolute Gasteiger partial charge is 0.365 e. The molecule has 0 amide bonds. The third kappa shape index (κ3) is 3.72. The van der Waals surface area contributed by atoms with Crippen LogP contribution in [-0.2, 0) is 17.6 Å². The molecule has 0 aliphatic heterocycles. The molecule has 2 aliphatic carbocycles. The number of ether oxygens (including phenoxy) is 1. The molecule has 0 heterocycles. The van der Waals surface area contributed by atoms with Crippen LogP contribution in [0, 0.1) is 0 Å². The molecule has 4 rings (SSSR count). The van der Waals surface area contributed by atoms with Crippen LogP contribution in [0.4, 0.5) is 0 Å². The predicted molar refractivity (Wildman–Crippen MR) is 108 cm³/mol. The molecular formula is C24H31NO. The fourth-order valence-electron chi connectivity index (χ4n) is 4.69. The molecule has 2 nitrogen and oxygen atoms in total. The minimum absolute atomic E-state index is 0.0795. The molecule has 2 heteroatoms. The van der Waals surface area contributed by atoms with Gasteiger partial charge in [-0.2, -0.15) is 0 Å². The molecule has 1 unspecified atom stereocenters. The molecule has 138 valence electrons. The van der Waals surface area contributed by atoms with Gasteiger partial charge in [-0.25, -0.2) is 0 Å². The summed E-state index contributed by atoms with van der Waals surface area (Å²) in [6.07, 6.45) is 8.87. The van der Waals surface area contributed by atoms with E-state index in [1.807, 2.05) is 0 Å². The van der Waals surface area contributed by atoms with Crippen molar-refractivity contribution in [1.82, 2.24) is 4.90 Å². The zero-order chi connectivity index (χ0) is 17.9. The zero-order valence-electron chi connectivity index (χ0n) is 16.2. The lowest BCUT2D eigenvalue weighted by molar-refractivity contribution is -0.00955. The molecule has 0 bridgehead atoms. The first-order valence-electron chi connectivity index (χ1n) is 10.2. The molecule has 2 aliphatic rings. The second-order valence-corrected chi connectivity index (χ2v) is 8.17. The summed E-state index contributed by atoms with van der Waals surface area (Å²) in [6, 6.07) is 18.4. The Bertz CT molecular complexity index is 691. The van der Waals surface area contributed by atoms with Crippen LogP contribution in [0.2, 0.25) is 0 Å². The highest BCUT2D eigenvalue weighted by Crippen LogP contribution is 2.37. The van der Waals surface area contributed by atoms with Crippen molar-refractivity contribution in [3.8, 4) is 0 Å². The van der Waals surface area contributed by atoms with Gasteiger partial charge in [0.15, 0.2) is 0 Å². The van der Waals surface area contributed by atoms with E-state index in [-0.39, 0.29) is 6.10 Å². The summed E-state index contributed by atoms with van der Waals surface area (Å²) in [4.78, 5) is 2.39. The van der Waals surface area contributed by atoms with Crippen molar-refractivity contribution in [3.05, 3.63) is 70.8 Å². The van der Waals surface area contributed by atoms with Gasteiger partial charge < -0.3 is 9.64 Å². The van der Waals surface area contributed by atoms with E-state index in [9.17, 15) is 0 Å². The Morgan fingerprint density at radius 3 is 2.00 bits per heavy atom. The molecular weight excluding hydrogens is 318 g/mol. The van der Waals surface area contributed by atoms with Gasteiger partial charge in [0.2, 0.25) is 0 Å². The van der Waals surface area contributed by atoms with Gasteiger partial charge in [0.1, 0.15) is 6.10 Å². The average molecular weight is 350 g/mol. The highest BCUT2D eigenvalue weighted by atomic mass is 16.5. The second kappa shape index (κ2) is 7.94. The van der Waals surface area contributed by atoms with Gasteiger partial charge in [-0.15, -0.1) is 0 Å². The molecule has 1 saturated carbocycles. The Labute approximate surface area is 158 Å². The number of hydrogen-bond donors (Lipinski definition) is 0. The number of fused-ring (bicyclic) bond motifs is 2. The normalized spacial score (nSPS) is 23.8. The molecule has 2 atom stereocenters. The van der Waals surface area contributed by atoms with Crippen LogP contribution in [0.15, 0.2) is 48.5 Å². The molecule has 0 radical (unpaired) electrons. The summed E-state index contributed by atoms with van der Waals surface area (Å²) in [5.74, 6) is 0. The fraction of sp³-hybridized carbons (Fsp3) is 0.500. The fourth-order valence-corrected chi connectivity index (χ4v) is 4.69. The van der Waals surface area contributed by atoms with Crippen molar-refractivity contribution < 1.29 is 4.74 Å². The van der Waals surface area contributed by atoms with E-state index in [0.717, 1.165) is 19.3 Å². The monoisotopic (exact) mass is 349 g/mol. The Hall–Kier alpha value is -1.64. The lowest BCUT2D eigenvalue weighted by Crippen LogP contribution is -2.32. The Morgan fingerprint density at radius 1 is 0.808 bits per heavy atom. The predicted octanol–water partition coefficient (Wildman–Crippen LogP) is 5.15. The van der Waals surface area contributed by atoms with Crippen molar-refractivity contribution in [2.45, 2.75) is 63.2 Å². The van der Waals surface area contributed by atoms with Gasteiger partial charge >= 0.3 is 0 Å². The maximum atomic E-state index is 6.90. The van der Waals surface area contributed by atoms with E-state index in [2.05, 4.69) is 67.5 Å². The van der Waals surface area contributed by atoms with Gasteiger partial charge in [-0.05, 0) is 68.5 Å². The molecule has 1 fully saturated rings. The minimum Gasteiger partial charge on any atom is -0.365 e. The number of aryl methyl sites for hydroxylation is 2. The summed E-state index contributed by atoms with van der Waals surface area (Å²) >= 11 is 0. The van der Waals surface area contributed by atoms with E-state index in [1.54, 1.807) is 0 Å². The lowest BCUT2D eigenvalue weighted by atomic mass is 9.96. The summed E-state index contributed by atoms with van der Waals surface area (Å²) < 4.78 is 6.90. The molecule has 2 aromatic rings. The molecule has 0 spiro atoms. The van der Waals surface area contributed by atoms with Gasteiger partial charge in [0.25, 0.3) is 0 Å². The third-order valence-corrected chi connectivity index (χ3v) is 6.25. The third-order valence-electron chi connectivity index (χ3n) is 6.25. The Balaban J connectivity index is 1.66. The van der Waals surface area contributed by atoms with Crippen LogP contribution >= 0.6 is 0 Å². The zero-order valence-corrected chi connectivity index (χ0v) is 16.2. The first kappa shape index (κ1) is 17.8. The molecule has 26 heavy (non-hydrogen) atoms. The lowest BCUT2D eigenvalue weighted by Gasteiger charge is -2.30. The summed E-state index contributed by atoms with van der Waals surface area (Å²) in [5.41, 5.74) is 5.66. The maximum absolute atomic E-state index is 6.90. The quantitative estimate of drug-likeness (QED) is 0.710. The smallest absolute Gasteiger partial charge is 0.108 e. The Kier molecular flexibility index (Phi) is 5.42. The van der Waals surface area contributed by atoms with Gasteiger partial charge in [0.05, 0.1) is 6.10 Å². The van der Waals surface area contributed by atoms with Crippen LogP contribution in [0.3, 0.4) is 0 Å². The summed E-state index contributed by atoms with van der Waals surface area (Å²) in [5, 5.41) is 0. The van der Waals surface area contributed by atoms with Crippen LogP contribution in [0.1, 0.15) is 60.5 Å². The van der Waals surface area contributed by atoms with Crippen molar-refractivity contribution in [2.75, 3.05) is 14.1 Å². The van der Waals surface area contributed by atoms with Gasteiger partial charge in [-0.3, -0.25) is 0 Å². The van der Waals surface area contributed by atoms with Crippen molar-refractivity contribution in [2.24, 2.45) is 0 Å². The van der Waals surface area contributed by atoms with E-state index in [4.69, 9.17) is 4.74 Å². The van der Waals surface area contributed by atoms with Gasteiger partial charge in [0, 0.05) is 6.04 Å². The van der Waals surface area contributed by atoms with Crippen molar-refractivity contribution in [1.29, 1.82) is 0 Å². The van der Waals surface area contributed by atoms with Crippen LogP contribution in [0.5, 0.6) is 0 Å². The molecule has 0 N–H and O–H groups in total. The first-order chi connectivity index (χ1) is 12.7. The second-order valence-electron chi connectivity index (χ2n) is 8.17. The van der Waals surface area contributed by atoms with Crippen LogP contribution < -0.4 is 0 Å². The molecule has 0 saturated heterocycles. The number of nitrogens with zero attached hydrogens (tertiary/aromatic N) is 1. The number of benzene rings is 2.